The fourth-order valence-electron chi connectivity index (χ4n) is 0.896. The standard InChI is InChI=1S/C7H12N4OS/c1-11-6(12)3-5(9-4-8)10-7(11)13-2/h3,9H,4,8H2,1-2H3. The largest absolute Gasteiger partial charge is 0.357 e. The maximum atomic E-state index is 11.3. The molecule has 72 valence electrons. The molecule has 1 aromatic rings. The molecule has 0 aliphatic heterocycles. The number of hydrogen-bond acceptors (Lipinski definition) is 5. The molecule has 5 nitrogen and oxygen atoms in total. The van der Waals surface area contributed by atoms with Crippen LogP contribution < -0.4 is 16.6 Å². The summed E-state index contributed by atoms with van der Waals surface area (Å²) in [4.78, 5) is 15.5. The normalized spacial score (nSPS) is 10.1. The Morgan fingerprint density at radius 3 is 3.00 bits per heavy atom. The third kappa shape index (κ3) is 2.22. The van der Waals surface area contributed by atoms with Gasteiger partial charge in [0.05, 0.1) is 6.67 Å². The van der Waals surface area contributed by atoms with Gasteiger partial charge in [0, 0.05) is 13.1 Å². The summed E-state index contributed by atoms with van der Waals surface area (Å²) in [5, 5.41) is 3.46. The highest BCUT2D eigenvalue weighted by Gasteiger charge is 2.02. The molecule has 0 radical (unpaired) electrons. The third-order valence-corrected chi connectivity index (χ3v) is 2.29. The van der Waals surface area contributed by atoms with Crippen molar-refractivity contribution in [2.75, 3.05) is 18.2 Å². The molecule has 0 aromatic carbocycles. The first-order chi connectivity index (χ1) is 6.19. The van der Waals surface area contributed by atoms with E-state index in [0.717, 1.165) is 0 Å². The molecular formula is C7H12N4OS. The van der Waals surface area contributed by atoms with Gasteiger partial charge in [0.15, 0.2) is 5.16 Å². The molecular weight excluding hydrogens is 188 g/mol. The van der Waals surface area contributed by atoms with Gasteiger partial charge in [-0.05, 0) is 6.26 Å². The number of nitrogens with two attached hydrogens (primary N) is 1. The second-order valence-corrected chi connectivity index (χ2v) is 3.18. The summed E-state index contributed by atoms with van der Waals surface area (Å²) < 4.78 is 1.49. The van der Waals surface area contributed by atoms with Crippen molar-refractivity contribution < 1.29 is 0 Å². The molecule has 0 aliphatic carbocycles. The first-order valence-electron chi connectivity index (χ1n) is 3.75. The van der Waals surface area contributed by atoms with E-state index in [-0.39, 0.29) is 12.2 Å². The van der Waals surface area contributed by atoms with Crippen LogP contribution >= 0.6 is 11.8 Å². The minimum absolute atomic E-state index is 0.0877. The second-order valence-electron chi connectivity index (χ2n) is 2.41. The van der Waals surface area contributed by atoms with Gasteiger partial charge in [0.2, 0.25) is 0 Å². The van der Waals surface area contributed by atoms with E-state index < -0.39 is 0 Å². The zero-order chi connectivity index (χ0) is 9.84. The molecule has 13 heavy (non-hydrogen) atoms. The predicted octanol–water partition coefficient (Wildman–Crippen LogP) is -0.170. The fourth-order valence-corrected chi connectivity index (χ4v) is 1.45. The lowest BCUT2D eigenvalue weighted by atomic mass is 10.5. The van der Waals surface area contributed by atoms with Crippen molar-refractivity contribution in [3.05, 3.63) is 16.4 Å². The third-order valence-electron chi connectivity index (χ3n) is 1.56. The highest BCUT2D eigenvalue weighted by atomic mass is 32.2. The monoisotopic (exact) mass is 200 g/mol. The van der Waals surface area contributed by atoms with Gasteiger partial charge < -0.3 is 11.1 Å². The van der Waals surface area contributed by atoms with Gasteiger partial charge in [0.25, 0.3) is 5.56 Å². The van der Waals surface area contributed by atoms with Crippen LogP contribution in [0.3, 0.4) is 0 Å². The van der Waals surface area contributed by atoms with Crippen molar-refractivity contribution in [1.82, 2.24) is 9.55 Å². The van der Waals surface area contributed by atoms with Crippen LogP contribution in [0.1, 0.15) is 0 Å². The number of anilines is 1. The van der Waals surface area contributed by atoms with Crippen LogP contribution in [0.25, 0.3) is 0 Å². The van der Waals surface area contributed by atoms with Crippen molar-refractivity contribution in [2.24, 2.45) is 12.8 Å². The number of thioether (sulfide) groups is 1. The lowest BCUT2D eigenvalue weighted by Crippen LogP contribution is -2.21. The zero-order valence-corrected chi connectivity index (χ0v) is 8.39. The molecule has 0 unspecified atom stereocenters. The van der Waals surface area contributed by atoms with Gasteiger partial charge in [0.1, 0.15) is 5.82 Å². The van der Waals surface area contributed by atoms with Crippen LogP contribution in [0.4, 0.5) is 5.82 Å². The summed E-state index contributed by atoms with van der Waals surface area (Å²) in [6.07, 6.45) is 1.87. The van der Waals surface area contributed by atoms with Crippen molar-refractivity contribution in [3.63, 3.8) is 0 Å². The molecule has 3 N–H and O–H groups in total. The predicted molar refractivity (Wildman–Crippen MR) is 53.9 cm³/mol. The molecule has 0 fully saturated rings. The topological polar surface area (TPSA) is 72.9 Å². The molecule has 1 aromatic heterocycles. The number of rotatable bonds is 3. The van der Waals surface area contributed by atoms with Crippen LogP contribution in [-0.4, -0.2) is 22.5 Å². The minimum Gasteiger partial charge on any atom is -0.357 e. The van der Waals surface area contributed by atoms with Gasteiger partial charge in [-0.3, -0.25) is 9.36 Å². The van der Waals surface area contributed by atoms with Gasteiger partial charge >= 0.3 is 0 Å². The molecule has 0 amide bonds. The van der Waals surface area contributed by atoms with E-state index in [9.17, 15) is 4.79 Å². The van der Waals surface area contributed by atoms with E-state index in [1.54, 1.807) is 7.05 Å². The van der Waals surface area contributed by atoms with E-state index in [1.165, 1.54) is 22.4 Å². The SMILES string of the molecule is CSc1nc(NCN)cc(=O)n1C. The van der Waals surface area contributed by atoms with Crippen LogP contribution in [0.2, 0.25) is 0 Å². The lowest BCUT2D eigenvalue weighted by molar-refractivity contribution is 0.711. The van der Waals surface area contributed by atoms with Crippen molar-refractivity contribution >= 4 is 17.6 Å². The van der Waals surface area contributed by atoms with Crippen LogP contribution in [-0.2, 0) is 7.05 Å². The number of aromatic nitrogens is 2. The Balaban J connectivity index is 3.14. The average Bonchev–Trinajstić information content (AvgIpc) is 2.11. The van der Waals surface area contributed by atoms with Crippen molar-refractivity contribution in [1.29, 1.82) is 0 Å². The number of nitrogens with one attached hydrogen (secondary N) is 1. The Morgan fingerprint density at radius 1 is 1.77 bits per heavy atom. The summed E-state index contributed by atoms with van der Waals surface area (Å²) >= 11 is 1.42. The molecule has 1 rings (SSSR count). The average molecular weight is 200 g/mol. The van der Waals surface area contributed by atoms with E-state index in [0.29, 0.717) is 11.0 Å². The van der Waals surface area contributed by atoms with Gasteiger partial charge in [-0.2, -0.15) is 0 Å². The van der Waals surface area contributed by atoms with Crippen molar-refractivity contribution in [2.45, 2.75) is 5.16 Å². The first-order valence-corrected chi connectivity index (χ1v) is 4.97. The summed E-state index contributed by atoms with van der Waals surface area (Å²) in [5.74, 6) is 0.523. The van der Waals surface area contributed by atoms with Crippen LogP contribution in [0, 0.1) is 0 Å². The number of hydrogen-bond donors (Lipinski definition) is 2. The summed E-state index contributed by atoms with van der Waals surface area (Å²) in [6.45, 7) is 0.272. The molecule has 0 spiro atoms. The second kappa shape index (κ2) is 4.29. The molecule has 1 heterocycles. The quantitative estimate of drug-likeness (QED) is 0.402. The Labute approximate surface area is 80.3 Å². The number of nitrogens with zero attached hydrogens (tertiary/aromatic N) is 2. The maximum Gasteiger partial charge on any atom is 0.255 e. The summed E-state index contributed by atoms with van der Waals surface area (Å²) in [7, 11) is 1.69. The van der Waals surface area contributed by atoms with E-state index in [4.69, 9.17) is 5.73 Å². The maximum absolute atomic E-state index is 11.3. The van der Waals surface area contributed by atoms with E-state index >= 15 is 0 Å². The van der Waals surface area contributed by atoms with Gasteiger partial charge in [-0.25, -0.2) is 4.98 Å². The summed E-state index contributed by atoms with van der Waals surface area (Å²) in [5.41, 5.74) is 5.19. The fraction of sp³-hybridized carbons (Fsp3) is 0.429. The van der Waals surface area contributed by atoms with E-state index in [1.807, 2.05) is 6.26 Å². The highest BCUT2D eigenvalue weighted by molar-refractivity contribution is 7.98. The molecule has 0 saturated carbocycles. The first kappa shape index (κ1) is 10.1. The molecule has 0 bridgehead atoms. The zero-order valence-electron chi connectivity index (χ0n) is 7.57. The highest BCUT2D eigenvalue weighted by Crippen LogP contribution is 2.10. The molecule has 0 atom stereocenters. The van der Waals surface area contributed by atoms with E-state index in [2.05, 4.69) is 10.3 Å². The molecule has 6 heteroatoms. The Morgan fingerprint density at radius 2 is 2.46 bits per heavy atom. The Hall–Kier alpha value is -1.01. The molecule has 0 aliphatic rings. The van der Waals surface area contributed by atoms with Crippen LogP contribution in [0.15, 0.2) is 16.0 Å². The smallest absolute Gasteiger partial charge is 0.255 e. The summed E-state index contributed by atoms with van der Waals surface area (Å²) in [6, 6.07) is 1.42. The van der Waals surface area contributed by atoms with Gasteiger partial charge in [-0.15, -0.1) is 0 Å². The Kier molecular flexibility index (Phi) is 3.32. The molecule has 0 saturated heterocycles. The van der Waals surface area contributed by atoms with Crippen LogP contribution in [0.5, 0.6) is 0 Å². The lowest BCUT2D eigenvalue weighted by Gasteiger charge is -2.07. The van der Waals surface area contributed by atoms with Crippen molar-refractivity contribution in [3.8, 4) is 0 Å². The Bertz CT molecular complexity index is 349. The van der Waals surface area contributed by atoms with Gasteiger partial charge in [-0.1, -0.05) is 11.8 Å². The minimum atomic E-state index is -0.0877.